The van der Waals surface area contributed by atoms with E-state index in [1.165, 1.54) is 35.3 Å². The third-order valence-electron chi connectivity index (χ3n) is 8.78. The van der Waals surface area contributed by atoms with Crippen molar-refractivity contribution in [3.63, 3.8) is 0 Å². The van der Waals surface area contributed by atoms with Crippen LogP contribution in [-0.2, 0) is 16.6 Å². The minimum atomic E-state index is -4.45. The van der Waals surface area contributed by atoms with Gasteiger partial charge in [-0.2, -0.15) is 18.3 Å². The van der Waals surface area contributed by atoms with E-state index < -0.39 is 39.7 Å². The van der Waals surface area contributed by atoms with Gasteiger partial charge in [-0.05, 0) is 71.9 Å². The van der Waals surface area contributed by atoms with E-state index in [9.17, 15) is 26.4 Å². The average Bonchev–Trinajstić information content (AvgIpc) is 3.65. The van der Waals surface area contributed by atoms with E-state index in [0.29, 0.717) is 30.5 Å². The van der Waals surface area contributed by atoms with E-state index >= 15 is 0 Å². The number of ether oxygens (including phenoxy) is 1. The van der Waals surface area contributed by atoms with Gasteiger partial charge in [0, 0.05) is 30.9 Å². The molecule has 4 bridgehead atoms. The first-order chi connectivity index (χ1) is 21.0. The molecule has 246 valence electrons. The Hall–Kier alpha value is -3.62. The molecule has 45 heavy (non-hydrogen) atoms. The van der Waals surface area contributed by atoms with Gasteiger partial charge in [0.15, 0.2) is 5.82 Å². The van der Waals surface area contributed by atoms with Gasteiger partial charge in [0.2, 0.25) is 5.88 Å². The largest absolute Gasteiger partial charge is 0.476 e. The van der Waals surface area contributed by atoms with Crippen LogP contribution in [0.3, 0.4) is 0 Å². The molecule has 1 fully saturated rings. The number of aromatic nitrogens is 5. The number of alkyl halides is 3. The number of carbonyl (C=O) groups excluding carboxylic acids is 1. The second-order valence-electron chi connectivity index (χ2n) is 13.3. The Kier molecular flexibility index (Phi) is 8.70. The van der Waals surface area contributed by atoms with Crippen molar-refractivity contribution in [1.82, 2.24) is 29.3 Å². The number of carbonyl (C=O) groups is 1. The van der Waals surface area contributed by atoms with Crippen LogP contribution in [0.5, 0.6) is 5.88 Å². The number of nitrogens with one attached hydrogen (secondary N) is 1. The molecule has 1 saturated heterocycles. The lowest BCUT2D eigenvalue weighted by Crippen LogP contribution is -2.41. The van der Waals surface area contributed by atoms with Gasteiger partial charge in [-0.1, -0.05) is 19.3 Å². The average molecular weight is 652 g/mol. The fourth-order valence-electron chi connectivity index (χ4n) is 5.95. The molecule has 0 aliphatic carbocycles. The number of fused-ring (bicyclic) bond motifs is 6. The van der Waals surface area contributed by atoms with Crippen LogP contribution >= 0.6 is 0 Å². The lowest BCUT2D eigenvalue weighted by atomic mass is 9.92. The van der Waals surface area contributed by atoms with Gasteiger partial charge >= 0.3 is 6.18 Å². The van der Waals surface area contributed by atoms with Crippen molar-refractivity contribution in [2.24, 2.45) is 11.3 Å². The van der Waals surface area contributed by atoms with E-state index in [1.54, 1.807) is 11.6 Å². The molecule has 0 saturated carbocycles. The number of hydrogen-bond acceptors (Lipinski definition) is 8. The first-order valence-electron chi connectivity index (χ1n) is 15.1. The topological polar surface area (TPSA) is 124 Å². The van der Waals surface area contributed by atoms with Crippen LogP contribution in [0, 0.1) is 18.3 Å². The van der Waals surface area contributed by atoms with Crippen LogP contribution in [0.15, 0.2) is 35.5 Å². The highest BCUT2D eigenvalue weighted by Gasteiger charge is 2.48. The van der Waals surface area contributed by atoms with Gasteiger partial charge in [0.05, 0.1) is 22.9 Å². The number of nitrogens with zero attached hydrogens (tertiary/aromatic N) is 6. The lowest BCUT2D eigenvalue weighted by Gasteiger charge is -2.34. The van der Waals surface area contributed by atoms with E-state index in [4.69, 9.17) is 9.72 Å². The van der Waals surface area contributed by atoms with Crippen LogP contribution in [-0.4, -0.2) is 63.7 Å². The highest BCUT2D eigenvalue weighted by atomic mass is 32.2. The first-order valence-corrected chi connectivity index (χ1v) is 16.6. The molecule has 1 N–H and O–H groups in total. The van der Waals surface area contributed by atoms with E-state index in [1.807, 2.05) is 4.90 Å². The summed E-state index contributed by atoms with van der Waals surface area (Å²) in [7, 11) is -4.25. The summed E-state index contributed by atoms with van der Waals surface area (Å²) in [6.45, 7) is 8.50. The molecule has 0 aromatic carbocycles. The Bertz CT molecular complexity index is 1660. The number of aryl methyl sites for hydroxylation is 1. The molecular weight excluding hydrogens is 611 g/mol. The maximum Gasteiger partial charge on any atom is 0.397 e. The third kappa shape index (κ3) is 6.82. The van der Waals surface area contributed by atoms with Gasteiger partial charge in [0.1, 0.15) is 17.3 Å². The maximum absolute atomic E-state index is 13.7. The molecule has 5 rings (SSSR count). The van der Waals surface area contributed by atoms with Gasteiger partial charge in [-0.3, -0.25) is 9.48 Å². The van der Waals surface area contributed by atoms with Crippen molar-refractivity contribution in [2.75, 3.05) is 18.1 Å². The molecule has 2 aliphatic heterocycles. The molecule has 1 unspecified atom stereocenters. The Balaban J connectivity index is 1.51. The number of hydrogen-bond donors (Lipinski definition) is 1. The van der Waals surface area contributed by atoms with Gasteiger partial charge in [-0.15, -0.1) is 5.10 Å². The summed E-state index contributed by atoms with van der Waals surface area (Å²) < 4.78 is 77.3. The van der Waals surface area contributed by atoms with Crippen LogP contribution in [0.25, 0.3) is 5.82 Å². The summed E-state index contributed by atoms with van der Waals surface area (Å²) in [5.74, 6) is 0.0762. The molecule has 3 aromatic heterocycles. The minimum Gasteiger partial charge on any atom is -0.476 e. The number of sulfonamides is 1. The standard InChI is InChI=1S/C30H40F3N7O4S/c1-20-23-17-34-39(20)14-9-7-6-8-10-21-16-29(4,5)38(18-21)26-22(27(41)37-45(23,42)43)11-12-24(35-26)40-15-13-25(36-40)44-19-28(2,3)30(31,32)33/h11-13,15,17,21H,6-10,14,16,18-19H2,1-5H3,(H,37,41). The summed E-state index contributed by atoms with van der Waals surface area (Å²) >= 11 is 0. The molecule has 0 radical (unpaired) electrons. The molecule has 1 amide bonds. The zero-order valence-electron chi connectivity index (χ0n) is 26.2. The van der Waals surface area contributed by atoms with E-state index in [2.05, 4.69) is 28.8 Å². The number of halogens is 3. The summed E-state index contributed by atoms with van der Waals surface area (Å²) in [4.78, 5) is 20.4. The van der Waals surface area contributed by atoms with Crippen molar-refractivity contribution < 1.29 is 31.1 Å². The zero-order valence-corrected chi connectivity index (χ0v) is 27.0. The zero-order chi connectivity index (χ0) is 32.8. The molecule has 2 aliphatic rings. The molecule has 15 heteroatoms. The number of pyridine rings is 1. The maximum atomic E-state index is 13.7. The third-order valence-corrected chi connectivity index (χ3v) is 10.2. The molecule has 0 spiro atoms. The smallest absolute Gasteiger partial charge is 0.397 e. The first kappa shape index (κ1) is 32.8. The van der Waals surface area contributed by atoms with Crippen molar-refractivity contribution in [1.29, 1.82) is 0 Å². The molecule has 11 nitrogen and oxygen atoms in total. The quantitative estimate of drug-likeness (QED) is 0.396. The fourth-order valence-corrected chi connectivity index (χ4v) is 7.09. The van der Waals surface area contributed by atoms with Crippen LogP contribution < -0.4 is 14.4 Å². The normalized spacial score (nSPS) is 20.8. The van der Waals surface area contributed by atoms with E-state index in [0.717, 1.165) is 52.4 Å². The predicted molar refractivity (Wildman–Crippen MR) is 161 cm³/mol. The van der Waals surface area contributed by atoms with Gasteiger partial charge in [0.25, 0.3) is 15.9 Å². The molecule has 3 aromatic rings. The van der Waals surface area contributed by atoms with Crippen LogP contribution in [0.2, 0.25) is 0 Å². The lowest BCUT2D eigenvalue weighted by molar-refractivity contribution is -0.219. The van der Waals surface area contributed by atoms with Crippen molar-refractivity contribution in [3.05, 3.63) is 41.9 Å². The second-order valence-corrected chi connectivity index (χ2v) is 14.9. The Morgan fingerprint density at radius 1 is 1.11 bits per heavy atom. The Labute approximate surface area is 261 Å². The SMILES string of the molecule is Cc1c2cnn1CCCCCCC1CN(c3nc(-n4ccc(OCC(C)(C)C(F)(F)F)n4)ccc3C(=O)NS2(=O)=O)C(C)(C)C1. The Morgan fingerprint density at radius 3 is 2.58 bits per heavy atom. The van der Waals surface area contributed by atoms with Gasteiger partial charge < -0.3 is 9.64 Å². The number of amides is 1. The second kappa shape index (κ2) is 12.0. The number of rotatable bonds is 4. The fraction of sp³-hybridized carbons (Fsp3) is 0.600. The minimum absolute atomic E-state index is 0.0153. The highest BCUT2D eigenvalue weighted by molar-refractivity contribution is 7.90. The molecular formula is C30H40F3N7O4S. The summed E-state index contributed by atoms with van der Waals surface area (Å²) in [5.41, 5.74) is -1.95. The summed E-state index contributed by atoms with van der Waals surface area (Å²) in [5, 5.41) is 8.52. The van der Waals surface area contributed by atoms with E-state index in [-0.39, 0.29) is 22.2 Å². The van der Waals surface area contributed by atoms with Crippen molar-refractivity contribution in [2.45, 2.75) is 96.3 Å². The predicted octanol–water partition coefficient (Wildman–Crippen LogP) is 5.43. The van der Waals surface area contributed by atoms with Crippen LogP contribution in [0.4, 0.5) is 19.0 Å². The number of anilines is 1. The highest BCUT2D eigenvalue weighted by Crippen LogP contribution is 2.40. The molecule has 1 atom stereocenters. The molecule has 5 heterocycles. The Morgan fingerprint density at radius 2 is 1.84 bits per heavy atom. The monoisotopic (exact) mass is 651 g/mol. The summed E-state index contributed by atoms with van der Waals surface area (Å²) in [6.07, 6.45) is 4.15. The van der Waals surface area contributed by atoms with Crippen molar-refractivity contribution in [3.8, 4) is 11.7 Å². The van der Waals surface area contributed by atoms with Crippen LogP contribution in [0.1, 0.15) is 82.3 Å². The summed E-state index contributed by atoms with van der Waals surface area (Å²) in [6, 6.07) is 4.44. The van der Waals surface area contributed by atoms with Crippen molar-refractivity contribution >= 4 is 21.7 Å². The van der Waals surface area contributed by atoms with Gasteiger partial charge in [-0.25, -0.2) is 22.8 Å².